The van der Waals surface area contributed by atoms with Crippen LogP contribution in [0.2, 0.25) is 0 Å². The summed E-state index contributed by atoms with van der Waals surface area (Å²) in [6, 6.07) is 13.6. The lowest BCUT2D eigenvalue weighted by atomic mass is 10.1. The van der Waals surface area contributed by atoms with Gasteiger partial charge in [-0.3, -0.25) is 9.59 Å². The highest BCUT2D eigenvalue weighted by molar-refractivity contribution is 6.09. The molecule has 0 aliphatic carbocycles. The second kappa shape index (κ2) is 5.28. The van der Waals surface area contributed by atoms with Crippen LogP contribution >= 0.6 is 0 Å². The minimum absolute atomic E-state index is 0.0265. The van der Waals surface area contributed by atoms with Gasteiger partial charge in [-0.1, -0.05) is 18.2 Å². The number of hydrogen-bond donors (Lipinski definition) is 3. The van der Waals surface area contributed by atoms with Crippen molar-refractivity contribution in [2.75, 3.05) is 5.32 Å². The molecular weight excluding hydrogens is 268 g/mol. The van der Waals surface area contributed by atoms with E-state index in [1.165, 1.54) is 0 Å². The van der Waals surface area contributed by atoms with Crippen LogP contribution in [0.5, 0.6) is 0 Å². The van der Waals surface area contributed by atoms with E-state index in [9.17, 15) is 9.59 Å². The third kappa shape index (κ3) is 2.72. The molecule has 0 saturated carbocycles. The van der Waals surface area contributed by atoms with Gasteiger partial charge in [0.05, 0.1) is 6.42 Å². The van der Waals surface area contributed by atoms with Crippen molar-refractivity contribution in [3.63, 3.8) is 0 Å². The number of carboxylic acids is 1. The van der Waals surface area contributed by atoms with Crippen molar-refractivity contribution in [2.45, 2.75) is 12.8 Å². The fraction of sp³-hybridized carbons (Fsp3) is 0.125. The van der Waals surface area contributed by atoms with Gasteiger partial charge in [-0.15, -0.1) is 0 Å². The third-order valence-corrected chi connectivity index (χ3v) is 3.36. The van der Waals surface area contributed by atoms with Gasteiger partial charge in [0.1, 0.15) is 0 Å². The van der Waals surface area contributed by atoms with Crippen LogP contribution in [0.25, 0.3) is 21.8 Å². The van der Waals surface area contributed by atoms with Gasteiger partial charge in [-0.25, -0.2) is 0 Å². The summed E-state index contributed by atoms with van der Waals surface area (Å²) in [4.78, 5) is 25.4. The molecule has 3 N–H and O–H groups in total. The highest BCUT2D eigenvalue weighted by Crippen LogP contribution is 2.27. The maximum atomic E-state index is 11.7. The van der Waals surface area contributed by atoms with E-state index in [2.05, 4.69) is 10.3 Å². The van der Waals surface area contributed by atoms with Crippen LogP contribution in [0.3, 0.4) is 0 Å². The Morgan fingerprint density at radius 3 is 2.57 bits per heavy atom. The Labute approximate surface area is 120 Å². The van der Waals surface area contributed by atoms with Crippen LogP contribution in [0.15, 0.2) is 42.5 Å². The molecule has 0 bridgehead atoms. The standard InChI is InChI=1S/C16H14N2O3/c19-15(7-8-16(20)21)17-10-5-6-14-12(9-10)11-3-1-2-4-13(11)18-14/h1-6,9,18H,7-8H2,(H,17,19)(H,20,21). The van der Waals surface area contributed by atoms with Crippen LogP contribution in [-0.2, 0) is 9.59 Å². The normalized spacial score (nSPS) is 10.9. The van der Waals surface area contributed by atoms with Crippen LogP contribution in [-0.4, -0.2) is 22.0 Å². The Hall–Kier alpha value is -2.82. The number of hydrogen-bond acceptors (Lipinski definition) is 2. The van der Waals surface area contributed by atoms with E-state index in [0.717, 1.165) is 21.8 Å². The van der Waals surface area contributed by atoms with Gasteiger partial charge in [-0.05, 0) is 24.3 Å². The molecule has 3 rings (SSSR count). The van der Waals surface area contributed by atoms with Crippen LogP contribution < -0.4 is 5.32 Å². The van der Waals surface area contributed by atoms with Crippen LogP contribution in [0, 0.1) is 0 Å². The number of amides is 1. The fourth-order valence-corrected chi connectivity index (χ4v) is 2.37. The van der Waals surface area contributed by atoms with Gasteiger partial charge >= 0.3 is 5.97 Å². The number of fused-ring (bicyclic) bond motifs is 3. The van der Waals surface area contributed by atoms with E-state index in [1.54, 1.807) is 6.07 Å². The van der Waals surface area contributed by atoms with Gasteiger partial charge in [0.15, 0.2) is 0 Å². The molecule has 1 amide bonds. The average Bonchev–Trinajstić information content (AvgIpc) is 2.83. The second-order valence-corrected chi connectivity index (χ2v) is 4.87. The Bertz CT molecular complexity index is 836. The summed E-state index contributed by atoms with van der Waals surface area (Å²) in [7, 11) is 0. The van der Waals surface area contributed by atoms with Crippen molar-refractivity contribution < 1.29 is 14.7 Å². The first kappa shape index (κ1) is 13.2. The minimum atomic E-state index is -0.975. The summed E-state index contributed by atoms with van der Waals surface area (Å²) in [6.07, 6.45) is -0.192. The Kier molecular flexibility index (Phi) is 3.31. The van der Waals surface area contributed by atoms with E-state index in [1.807, 2.05) is 36.4 Å². The molecule has 0 radical (unpaired) electrons. The molecule has 0 saturated heterocycles. The zero-order chi connectivity index (χ0) is 14.8. The van der Waals surface area contributed by atoms with Crippen molar-refractivity contribution >= 4 is 39.4 Å². The zero-order valence-corrected chi connectivity index (χ0v) is 11.2. The van der Waals surface area contributed by atoms with Gasteiger partial charge in [0.2, 0.25) is 5.91 Å². The number of para-hydroxylation sites is 1. The Morgan fingerprint density at radius 2 is 1.76 bits per heavy atom. The number of carboxylic acid groups (broad SMARTS) is 1. The molecule has 21 heavy (non-hydrogen) atoms. The van der Waals surface area contributed by atoms with Gasteiger partial charge in [0.25, 0.3) is 0 Å². The zero-order valence-electron chi connectivity index (χ0n) is 11.2. The van der Waals surface area contributed by atoms with E-state index in [0.29, 0.717) is 5.69 Å². The predicted octanol–water partition coefficient (Wildman–Crippen LogP) is 3.12. The lowest BCUT2D eigenvalue weighted by Crippen LogP contribution is -2.13. The molecule has 0 spiro atoms. The molecule has 1 aromatic heterocycles. The number of aromatic amines is 1. The van der Waals surface area contributed by atoms with E-state index < -0.39 is 5.97 Å². The molecule has 3 aromatic rings. The van der Waals surface area contributed by atoms with Crippen molar-refractivity contribution in [2.24, 2.45) is 0 Å². The maximum Gasteiger partial charge on any atom is 0.303 e. The minimum Gasteiger partial charge on any atom is -0.481 e. The quantitative estimate of drug-likeness (QED) is 0.687. The van der Waals surface area contributed by atoms with E-state index in [4.69, 9.17) is 5.11 Å². The molecule has 5 nitrogen and oxygen atoms in total. The monoisotopic (exact) mass is 282 g/mol. The van der Waals surface area contributed by atoms with Crippen LogP contribution in [0.1, 0.15) is 12.8 Å². The predicted molar refractivity (Wildman–Crippen MR) is 81.3 cm³/mol. The number of nitrogens with one attached hydrogen (secondary N) is 2. The van der Waals surface area contributed by atoms with Gasteiger partial charge in [0, 0.05) is 33.9 Å². The molecule has 106 valence electrons. The van der Waals surface area contributed by atoms with Crippen molar-refractivity contribution in [1.29, 1.82) is 0 Å². The first-order valence-electron chi connectivity index (χ1n) is 6.65. The maximum absolute atomic E-state index is 11.7. The number of H-pyrrole nitrogens is 1. The van der Waals surface area contributed by atoms with Crippen LogP contribution in [0.4, 0.5) is 5.69 Å². The number of benzene rings is 2. The fourth-order valence-electron chi connectivity index (χ4n) is 2.37. The molecule has 0 atom stereocenters. The SMILES string of the molecule is O=C(O)CCC(=O)Nc1ccc2[nH]c3ccccc3c2c1. The summed E-state index contributed by atoms with van der Waals surface area (Å²) in [5, 5.41) is 13.4. The smallest absolute Gasteiger partial charge is 0.303 e. The van der Waals surface area contributed by atoms with Gasteiger partial charge < -0.3 is 15.4 Å². The first-order valence-corrected chi connectivity index (χ1v) is 6.65. The van der Waals surface area contributed by atoms with E-state index >= 15 is 0 Å². The molecule has 5 heteroatoms. The summed E-state index contributed by atoms with van der Waals surface area (Å²) < 4.78 is 0. The number of rotatable bonds is 4. The first-order chi connectivity index (χ1) is 10.1. The summed E-state index contributed by atoms with van der Waals surface area (Å²) in [5.74, 6) is -1.27. The van der Waals surface area contributed by atoms with Crippen molar-refractivity contribution in [3.05, 3.63) is 42.5 Å². The molecule has 0 fully saturated rings. The molecule has 2 aromatic carbocycles. The number of aliphatic carboxylic acids is 1. The third-order valence-electron chi connectivity index (χ3n) is 3.36. The summed E-state index contributed by atoms with van der Waals surface area (Å²) >= 11 is 0. The number of carbonyl (C=O) groups excluding carboxylic acids is 1. The second-order valence-electron chi connectivity index (χ2n) is 4.87. The van der Waals surface area contributed by atoms with Crippen molar-refractivity contribution in [1.82, 2.24) is 4.98 Å². The molecular formula is C16H14N2O3. The van der Waals surface area contributed by atoms with Gasteiger partial charge in [-0.2, -0.15) is 0 Å². The van der Waals surface area contributed by atoms with E-state index in [-0.39, 0.29) is 18.7 Å². The lowest BCUT2D eigenvalue weighted by Gasteiger charge is -2.04. The molecule has 0 aliphatic rings. The number of carbonyl (C=O) groups is 2. The highest BCUT2D eigenvalue weighted by atomic mass is 16.4. The topological polar surface area (TPSA) is 82.2 Å². The number of anilines is 1. The Balaban J connectivity index is 1.88. The summed E-state index contributed by atoms with van der Waals surface area (Å²) in [5.41, 5.74) is 2.71. The molecule has 0 unspecified atom stereocenters. The Morgan fingerprint density at radius 1 is 1.00 bits per heavy atom. The average molecular weight is 282 g/mol. The van der Waals surface area contributed by atoms with Crippen molar-refractivity contribution in [3.8, 4) is 0 Å². The molecule has 0 aliphatic heterocycles. The summed E-state index contributed by atoms with van der Waals surface area (Å²) in [6.45, 7) is 0. The number of aromatic nitrogens is 1. The largest absolute Gasteiger partial charge is 0.481 e. The highest BCUT2D eigenvalue weighted by Gasteiger charge is 2.08. The molecule has 1 heterocycles. The lowest BCUT2D eigenvalue weighted by molar-refractivity contribution is -0.138.